The van der Waals surface area contributed by atoms with Gasteiger partial charge in [0.2, 0.25) is 0 Å². The number of aliphatic carboxylic acids is 1. The molecule has 2 rings (SSSR count). The molecule has 0 aromatic carbocycles. The maximum Gasteiger partial charge on any atom is 0.435 e. The molecule has 0 aliphatic heterocycles. The third kappa shape index (κ3) is 1.47. The summed E-state index contributed by atoms with van der Waals surface area (Å²) >= 11 is 0. The van der Waals surface area contributed by atoms with Gasteiger partial charge in [-0.3, -0.25) is 4.68 Å². The molecule has 1 fully saturated rings. The van der Waals surface area contributed by atoms with Gasteiger partial charge < -0.3 is 5.11 Å². The molecule has 0 atom stereocenters. The van der Waals surface area contributed by atoms with Crippen LogP contribution in [0.3, 0.4) is 0 Å². The molecule has 1 aromatic heterocycles. The summed E-state index contributed by atoms with van der Waals surface area (Å²) in [5.41, 5.74) is -2.31. The Labute approximate surface area is 82.3 Å². The van der Waals surface area contributed by atoms with E-state index in [9.17, 15) is 18.0 Å². The van der Waals surface area contributed by atoms with Crippen molar-refractivity contribution >= 4 is 5.97 Å². The Bertz CT molecular complexity index is 406. The third-order valence-corrected chi connectivity index (χ3v) is 2.44. The minimum Gasteiger partial charge on any atom is -0.479 e. The van der Waals surface area contributed by atoms with Crippen LogP contribution < -0.4 is 0 Å². The van der Waals surface area contributed by atoms with Gasteiger partial charge in [-0.25, -0.2) is 4.79 Å². The summed E-state index contributed by atoms with van der Waals surface area (Å²) < 4.78 is 37.4. The first-order valence-electron chi connectivity index (χ1n) is 4.23. The van der Waals surface area contributed by atoms with Crippen molar-refractivity contribution in [2.45, 2.75) is 24.6 Å². The molecule has 0 bridgehead atoms. The average Bonchev–Trinajstić information content (AvgIpc) is 2.75. The van der Waals surface area contributed by atoms with Gasteiger partial charge in [0.1, 0.15) is 0 Å². The normalized spacial score (nSPS) is 18.9. The molecule has 1 saturated carbocycles. The predicted molar refractivity (Wildman–Crippen MR) is 42.1 cm³/mol. The third-order valence-electron chi connectivity index (χ3n) is 2.44. The molecule has 1 heterocycles. The van der Waals surface area contributed by atoms with Crippen LogP contribution in [0.4, 0.5) is 13.2 Å². The second-order valence-electron chi connectivity index (χ2n) is 3.48. The van der Waals surface area contributed by atoms with Gasteiger partial charge in [-0.05, 0) is 18.9 Å². The van der Waals surface area contributed by atoms with Crippen molar-refractivity contribution in [3.63, 3.8) is 0 Å². The summed E-state index contributed by atoms with van der Waals surface area (Å²) in [6.45, 7) is 0. The van der Waals surface area contributed by atoms with E-state index in [1.807, 2.05) is 0 Å². The molecule has 7 heteroatoms. The zero-order valence-electron chi connectivity index (χ0n) is 7.45. The highest BCUT2D eigenvalue weighted by molar-refractivity contribution is 5.79. The van der Waals surface area contributed by atoms with Crippen LogP contribution >= 0.6 is 0 Å². The van der Waals surface area contributed by atoms with Gasteiger partial charge >= 0.3 is 12.1 Å². The molecule has 0 amide bonds. The highest BCUT2D eigenvalue weighted by Crippen LogP contribution is 2.43. The van der Waals surface area contributed by atoms with Gasteiger partial charge in [-0.1, -0.05) is 0 Å². The van der Waals surface area contributed by atoms with E-state index in [-0.39, 0.29) is 0 Å². The molecule has 1 aliphatic carbocycles. The van der Waals surface area contributed by atoms with E-state index < -0.39 is 23.4 Å². The maximum atomic E-state index is 12.2. The molecule has 1 N–H and O–H groups in total. The maximum absolute atomic E-state index is 12.2. The standard InChI is InChI=1S/C8H7F3N2O2/c9-8(10,11)5-1-4-13(12-5)7(2-3-7)6(14)15/h1,4H,2-3H2,(H,14,15). The lowest BCUT2D eigenvalue weighted by Crippen LogP contribution is -2.28. The van der Waals surface area contributed by atoms with Crippen molar-refractivity contribution in [2.75, 3.05) is 0 Å². The average molecular weight is 220 g/mol. The molecule has 15 heavy (non-hydrogen) atoms. The van der Waals surface area contributed by atoms with Crippen LogP contribution in [0.15, 0.2) is 12.3 Å². The SMILES string of the molecule is O=C(O)C1(n2ccc(C(F)(F)F)n2)CC1. The van der Waals surface area contributed by atoms with Crippen molar-refractivity contribution < 1.29 is 23.1 Å². The van der Waals surface area contributed by atoms with Gasteiger partial charge in [-0.2, -0.15) is 18.3 Å². The number of carboxylic acids is 1. The molecule has 1 aliphatic rings. The van der Waals surface area contributed by atoms with E-state index >= 15 is 0 Å². The number of carbonyl (C=O) groups is 1. The van der Waals surface area contributed by atoms with E-state index in [4.69, 9.17) is 5.11 Å². The second-order valence-corrected chi connectivity index (χ2v) is 3.48. The molecule has 1 aromatic rings. The zero-order valence-corrected chi connectivity index (χ0v) is 7.45. The van der Waals surface area contributed by atoms with E-state index in [2.05, 4.69) is 5.10 Å². The fourth-order valence-corrected chi connectivity index (χ4v) is 1.37. The molecular weight excluding hydrogens is 213 g/mol. The Morgan fingerprint density at radius 1 is 1.53 bits per heavy atom. The first-order chi connectivity index (χ1) is 6.86. The van der Waals surface area contributed by atoms with Crippen LogP contribution in [0, 0.1) is 0 Å². The number of halogens is 3. The van der Waals surface area contributed by atoms with Crippen LogP contribution in [-0.2, 0) is 16.5 Å². The number of carboxylic acid groups (broad SMARTS) is 1. The molecular formula is C8H7F3N2O2. The largest absolute Gasteiger partial charge is 0.479 e. The lowest BCUT2D eigenvalue weighted by Gasteiger charge is -2.09. The summed E-state index contributed by atoms with van der Waals surface area (Å²) in [6, 6.07) is 0.781. The molecule has 0 spiro atoms. The Balaban J connectivity index is 2.33. The zero-order chi connectivity index (χ0) is 11.3. The smallest absolute Gasteiger partial charge is 0.435 e. The number of hydrogen-bond acceptors (Lipinski definition) is 2. The van der Waals surface area contributed by atoms with Gasteiger partial charge in [0.25, 0.3) is 0 Å². The van der Waals surface area contributed by atoms with E-state index in [1.165, 1.54) is 0 Å². The van der Waals surface area contributed by atoms with Crippen LogP contribution in [0.25, 0.3) is 0 Å². The topological polar surface area (TPSA) is 55.1 Å². The molecule has 4 nitrogen and oxygen atoms in total. The quantitative estimate of drug-likeness (QED) is 0.821. The van der Waals surface area contributed by atoms with Crippen molar-refractivity contribution in [2.24, 2.45) is 0 Å². The number of aromatic nitrogens is 2. The van der Waals surface area contributed by atoms with Crippen LogP contribution in [0.1, 0.15) is 18.5 Å². The molecule has 82 valence electrons. The lowest BCUT2D eigenvalue weighted by atomic mass is 10.3. The molecule has 0 saturated heterocycles. The first kappa shape index (κ1) is 10.0. The van der Waals surface area contributed by atoms with Gasteiger partial charge in [-0.15, -0.1) is 0 Å². The summed E-state index contributed by atoms with van der Waals surface area (Å²) in [4.78, 5) is 10.8. The Morgan fingerprint density at radius 3 is 2.47 bits per heavy atom. The van der Waals surface area contributed by atoms with Gasteiger partial charge in [0, 0.05) is 6.20 Å². The minimum atomic E-state index is -4.53. The van der Waals surface area contributed by atoms with Crippen LogP contribution in [0.5, 0.6) is 0 Å². The van der Waals surface area contributed by atoms with Crippen LogP contribution in [0.2, 0.25) is 0 Å². The number of nitrogens with zero attached hydrogens (tertiary/aromatic N) is 2. The summed E-state index contributed by atoms with van der Waals surface area (Å²) in [7, 11) is 0. The molecule has 0 unspecified atom stereocenters. The Morgan fingerprint density at radius 2 is 2.13 bits per heavy atom. The summed E-state index contributed by atoms with van der Waals surface area (Å²) in [5.74, 6) is -1.14. The number of rotatable bonds is 2. The van der Waals surface area contributed by atoms with Crippen molar-refractivity contribution in [3.05, 3.63) is 18.0 Å². The predicted octanol–water partition coefficient (Wildman–Crippen LogP) is 1.48. The van der Waals surface area contributed by atoms with Gasteiger partial charge in [0.05, 0.1) is 0 Å². The monoisotopic (exact) mass is 220 g/mol. The highest BCUT2D eigenvalue weighted by Gasteiger charge is 2.53. The highest BCUT2D eigenvalue weighted by atomic mass is 19.4. The summed E-state index contributed by atoms with van der Waals surface area (Å²) in [5, 5.41) is 12.1. The van der Waals surface area contributed by atoms with Crippen molar-refractivity contribution in [1.82, 2.24) is 9.78 Å². The van der Waals surface area contributed by atoms with Crippen molar-refractivity contribution in [1.29, 1.82) is 0 Å². The van der Waals surface area contributed by atoms with E-state index in [1.54, 1.807) is 0 Å². The van der Waals surface area contributed by atoms with Gasteiger partial charge in [0.15, 0.2) is 11.2 Å². The van der Waals surface area contributed by atoms with Crippen LogP contribution in [-0.4, -0.2) is 20.9 Å². The fraction of sp³-hybridized carbons (Fsp3) is 0.500. The fourth-order valence-electron chi connectivity index (χ4n) is 1.37. The Kier molecular flexibility index (Phi) is 1.83. The minimum absolute atomic E-state index is 0.321. The number of hydrogen-bond donors (Lipinski definition) is 1. The first-order valence-corrected chi connectivity index (χ1v) is 4.23. The summed E-state index contributed by atoms with van der Waals surface area (Å²) in [6.07, 6.45) is -2.83. The van der Waals surface area contributed by atoms with E-state index in [0.29, 0.717) is 12.8 Å². The molecule has 0 radical (unpaired) electrons. The number of alkyl halides is 3. The van der Waals surface area contributed by atoms with Crippen molar-refractivity contribution in [3.8, 4) is 0 Å². The van der Waals surface area contributed by atoms with E-state index in [0.717, 1.165) is 16.9 Å². The Hall–Kier alpha value is -1.53. The second kappa shape index (κ2) is 2.74. The lowest BCUT2D eigenvalue weighted by molar-refractivity contribution is -0.145.